The smallest absolute Gasteiger partial charge is 0.353 e. The van der Waals surface area contributed by atoms with E-state index in [1.54, 1.807) is 37.4 Å². The number of rotatable bonds is 5. The molecular formula is C29H18O6S. The molecule has 0 fully saturated rings. The van der Waals surface area contributed by atoms with Crippen LogP contribution in [0.5, 0.6) is 11.5 Å². The number of thiophene rings is 1. The van der Waals surface area contributed by atoms with E-state index in [-0.39, 0.29) is 0 Å². The molecule has 0 saturated carbocycles. The van der Waals surface area contributed by atoms with Gasteiger partial charge in [0.25, 0.3) is 0 Å². The lowest BCUT2D eigenvalue weighted by atomic mass is 10.00. The molecule has 3 aromatic heterocycles. The number of hydrogen-bond acceptors (Lipinski definition) is 7. The van der Waals surface area contributed by atoms with Crippen molar-refractivity contribution in [2.75, 3.05) is 7.11 Å². The number of esters is 1. The SMILES string of the molecule is COc1cccc2cc(-c3cc(=O)oc4cc(-c5ccccc5)c(OC(=O)c5cccs5)cc34)oc12. The highest BCUT2D eigenvalue weighted by atomic mass is 32.1. The maximum absolute atomic E-state index is 12.9. The Morgan fingerprint density at radius 1 is 0.833 bits per heavy atom. The number of furan rings is 1. The van der Waals surface area contributed by atoms with Crippen LogP contribution in [0.3, 0.4) is 0 Å². The van der Waals surface area contributed by atoms with E-state index in [1.165, 1.54) is 17.4 Å². The van der Waals surface area contributed by atoms with Crippen molar-refractivity contribution in [3.05, 3.63) is 106 Å². The van der Waals surface area contributed by atoms with Crippen LogP contribution in [0.15, 0.2) is 104 Å². The molecule has 0 bridgehead atoms. The largest absolute Gasteiger partial charge is 0.493 e. The minimum absolute atomic E-state index is 0.343. The lowest BCUT2D eigenvalue weighted by Crippen LogP contribution is -2.08. The molecule has 7 heteroatoms. The average molecular weight is 495 g/mol. The van der Waals surface area contributed by atoms with Crippen LogP contribution in [0.1, 0.15) is 9.67 Å². The van der Waals surface area contributed by atoms with Gasteiger partial charge in [0, 0.05) is 28.0 Å². The van der Waals surface area contributed by atoms with E-state index in [4.69, 9.17) is 18.3 Å². The van der Waals surface area contributed by atoms with Crippen molar-refractivity contribution in [2.24, 2.45) is 0 Å². The van der Waals surface area contributed by atoms with Gasteiger partial charge in [-0.15, -0.1) is 11.3 Å². The predicted molar refractivity (Wildman–Crippen MR) is 139 cm³/mol. The van der Waals surface area contributed by atoms with Gasteiger partial charge in [0.05, 0.1) is 7.11 Å². The van der Waals surface area contributed by atoms with E-state index < -0.39 is 11.6 Å². The van der Waals surface area contributed by atoms with Gasteiger partial charge in [-0.25, -0.2) is 9.59 Å². The molecule has 36 heavy (non-hydrogen) atoms. The molecule has 0 spiro atoms. The molecular weight excluding hydrogens is 476 g/mol. The third kappa shape index (κ3) is 3.85. The van der Waals surface area contributed by atoms with Crippen molar-refractivity contribution in [3.63, 3.8) is 0 Å². The van der Waals surface area contributed by atoms with Crippen molar-refractivity contribution in [1.29, 1.82) is 0 Å². The molecule has 176 valence electrons. The fourth-order valence-corrected chi connectivity index (χ4v) is 4.79. The van der Waals surface area contributed by atoms with E-state index >= 15 is 0 Å². The highest BCUT2D eigenvalue weighted by Gasteiger charge is 2.20. The maximum Gasteiger partial charge on any atom is 0.353 e. The van der Waals surface area contributed by atoms with Gasteiger partial charge in [-0.3, -0.25) is 0 Å². The summed E-state index contributed by atoms with van der Waals surface area (Å²) in [7, 11) is 1.57. The molecule has 0 unspecified atom stereocenters. The second-order valence-corrected chi connectivity index (χ2v) is 8.99. The van der Waals surface area contributed by atoms with Crippen LogP contribution in [-0.4, -0.2) is 13.1 Å². The summed E-state index contributed by atoms with van der Waals surface area (Å²) in [5.74, 6) is 0.933. The number of para-hydroxylation sites is 1. The van der Waals surface area contributed by atoms with Gasteiger partial charge in [0.2, 0.25) is 0 Å². The van der Waals surface area contributed by atoms with Crippen LogP contribution >= 0.6 is 11.3 Å². The number of carbonyl (C=O) groups excluding carboxylic acids is 1. The van der Waals surface area contributed by atoms with Crippen LogP contribution < -0.4 is 15.1 Å². The van der Waals surface area contributed by atoms with Gasteiger partial charge in [0.1, 0.15) is 22.0 Å². The number of benzene rings is 3. The van der Waals surface area contributed by atoms with Crippen molar-refractivity contribution in [2.45, 2.75) is 0 Å². The van der Waals surface area contributed by atoms with Gasteiger partial charge in [-0.1, -0.05) is 48.5 Å². The third-order valence-corrected chi connectivity index (χ3v) is 6.70. The molecule has 0 atom stereocenters. The Morgan fingerprint density at radius 2 is 1.69 bits per heavy atom. The normalized spacial score (nSPS) is 11.1. The van der Waals surface area contributed by atoms with E-state index in [0.717, 1.165) is 10.9 Å². The van der Waals surface area contributed by atoms with Crippen LogP contribution in [0.25, 0.3) is 44.4 Å². The molecule has 0 aliphatic carbocycles. The van der Waals surface area contributed by atoms with Gasteiger partial charge in [0.15, 0.2) is 11.3 Å². The lowest BCUT2D eigenvalue weighted by Gasteiger charge is -2.12. The summed E-state index contributed by atoms with van der Waals surface area (Å²) < 4.78 is 23.0. The lowest BCUT2D eigenvalue weighted by molar-refractivity contribution is 0.0741. The number of ether oxygens (including phenoxy) is 2. The Hall–Kier alpha value is -4.62. The molecule has 0 saturated heterocycles. The Bertz CT molecular complexity index is 1780. The highest BCUT2D eigenvalue weighted by Crippen LogP contribution is 2.40. The first kappa shape index (κ1) is 21.9. The van der Waals surface area contributed by atoms with Crippen LogP contribution in [0.2, 0.25) is 0 Å². The molecule has 0 amide bonds. The molecule has 6 nitrogen and oxygen atoms in total. The zero-order chi connectivity index (χ0) is 24.6. The Kier molecular flexibility index (Phi) is 5.39. The molecule has 0 N–H and O–H groups in total. The molecule has 0 aliphatic rings. The second kappa shape index (κ2) is 8.87. The summed E-state index contributed by atoms with van der Waals surface area (Å²) in [5.41, 5.74) is 2.36. The Morgan fingerprint density at radius 3 is 2.47 bits per heavy atom. The summed E-state index contributed by atoms with van der Waals surface area (Å²) in [6, 6.07) is 25.2. The van der Waals surface area contributed by atoms with Crippen LogP contribution in [0, 0.1) is 0 Å². The number of carbonyl (C=O) groups is 1. The second-order valence-electron chi connectivity index (χ2n) is 8.05. The summed E-state index contributed by atoms with van der Waals surface area (Å²) in [6.07, 6.45) is 0. The van der Waals surface area contributed by atoms with E-state index in [1.807, 2.05) is 53.9 Å². The number of methoxy groups -OCH3 is 1. The zero-order valence-corrected chi connectivity index (χ0v) is 19.8. The van der Waals surface area contributed by atoms with Crippen molar-refractivity contribution < 1.29 is 23.1 Å². The first-order valence-electron chi connectivity index (χ1n) is 11.1. The monoisotopic (exact) mass is 494 g/mol. The van der Waals surface area contributed by atoms with Crippen molar-refractivity contribution in [1.82, 2.24) is 0 Å². The molecule has 3 heterocycles. The predicted octanol–water partition coefficient (Wildman–Crippen LogP) is 7.16. The quantitative estimate of drug-likeness (QED) is 0.144. The van der Waals surface area contributed by atoms with Crippen LogP contribution in [0.4, 0.5) is 0 Å². The van der Waals surface area contributed by atoms with Gasteiger partial charge in [-0.2, -0.15) is 0 Å². The average Bonchev–Trinajstić information content (AvgIpc) is 3.59. The van der Waals surface area contributed by atoms with E-state index in [0.29, 0.717) is 49.8 Å². The fraction of sp³-hybridized carbons (Fsp3) is 0.0345. The van der Waals surface area contributed by atoms with Crippen molar-refractivity contribution >= 4 is 39.2 Å². The topological polar surface area (TPSA) is 78.9 Å². The zero-order valence-electron chi connectivity index (χ0n) is 19.0. The summed E-state index contributed by atoms with van der Waals surface area (Å²) in [6.45, 7) is 0. The minimum atomic E-state index is -0.521. The molecule has 0 aliphatic heterocycles. The Labute approximate surface area is 208 Å². The Balaban J connectivity index is 1.58. The van der Waals surface area contributed by atoms with Gasteiger partial charge in [-0.05, 0) is 41.3 Å². The van der Waals surface area contributed by atoms with Crippen molar-refractivity contribution in [3.8, 4) is 33.9 Å². The van der Waals surface area contributed by atoms with Gasteiger partial charge < -0.3 is 18.3 Å². The number of hydrogen-bond donors (Lipinski definition) is 0. The third-order valence-electron chi connectivity index (χ3n) is 5.85. The summed E-state index contributed by atoms with van der Waals surface area (Å²) in [4.78, 5) is 25.9. The maximum atomic E-state index is 12.9. The standard InChI is InChI=1S/C29H18O6S/c1-32-22-10-5-9-18-13-23(34-28(18)22)21-16-27(30)33-25-14-19(17-7-3-2-4-8-17)24(15-20(21)25)35-29(31)26-11-6-12-36-26/h2-16H,1H3. The van der Waals surface area contributed by atoms with Gasteiger partial charge >= 0.3 is 11.6 Å². The first-order chi connectivity index (χ1) is 17.6. The van der Waals surface area contributed by atoms with E-state index in [9.17, 15) is 9.59 Å². The van der Waals surface area contributed by atoms with E-state index in [2.05, 4.69) is 0 Å². The molecule has 6 rings (SSSR count). The first-order valence-corrected chi connectivity index (χ1v) is 12.0. The fourth-order valence-electron chi connectivity index (χ4n) is 4.19. The summed E-state index contributed by atoms with van der Waals surface area (Å²) in [5, 5.41) is 3.22. The minimum Gasteiger partial charge on any atom is -0.493 e. The molecule has 0 radical (unpaired) electrons. The molecule has 3 aromatic carbocycles. The van der Waals surface area contributed by atoms with Crippen LogP contribution in [-0.2, 0) is 0 Å². The highest BCUT2D eigenvalue weighted by molar-refractivity contribution is 7.12. The summed E-state index contributed by atoms with van der Waals surface area (Å²) >= 11 is 1.30. The molecule has 6 aromatic rings. The number of fused-ring (bicyclic) bond motifs is 2.